The molecule has 4 rings (SSSR count). The summed E-state index contributed by atoms with van der Waals surface area (Å²) < 4.78 is 11.1. The van der Waals surface area contributed by atoms with E-state index in [1.54, 1.807) is 16.8 Å². The Morgan fingerprint density at radius 1 is 1.10 bits per heavy atom. The highest BCUT2D eigenvalue weighted by Gasteiger charge is 2.62. The van der Waals surface area contributed by atoms with Crippen LogP contribution in [0.25, 0.3) is 0 Å². The molecule has 0 aromatic heterocycles. The van der Waals surface area contributed by atoms with Crippen LogP contribution >= 0.6 is 0 Å². The summed E-state index contributed by atoms with van der Waals surface area (Å²) in [5.41, 5.74) is -0.558. The molecular formula is C22H33N3O6. The Morgan fingerprint density at radius 3 is 2.29 bits per heavy atom. The molecule has 4 aliphatic rings. The Bertz CT molecular complexity index is 750. The predicted octanol–water partition coefficient (Wildman–Crippen LogP) is 1.25. The van der Waals surface area contributed by atoms with Crippen molar-refractivity contribution in [1.82, 2.24) is 14.7 Å². The summed E-state index contributed by atoms with van der Waals surface area (Å²) in [5, 5.41) is 0. The molecule has 4 fully saturated rings. The lowest BCUT2D eigenvalue weighted by Gasteiger charge is -2.35. The lowest BCUT2D eigenvalue weighted by molar-refractivity contribution is -0.149. The summed E-state index contributed by atoms with van der Waals surface area (Å²) >= 11 is 0. The summed E-state index contributed by atoms with van der Waals surface area (Å²) in [6.45, 7) is 6.88. The van der Waals surface area contributed by atoms with Gasteiger partial charge in [-0.1, -0.05) is 0 Å². The third-order valence-electron chi connectivity index (χ3n) is 6.78. The molecule has 9 heteroatoms. The van der Waals surface area contributed by atoms with E-state index in [4.69, 9.17) is 9.47 Å². The van der Waals surface area contributed by atoms with Gasteiger partial charge >= 0.3 is 6.09 Å². The second kappa shape index (κ2) is 8.07. The summed E-state index contributed by atoms with van der Waals surface area (Å²) in [7, 11) is 1.70. The number of hydrogen-bond acceptors (Lipinski definition) is 6. The minimum absolute atomic E-state index is 0.129. The van der Waals surface area contributed by atoms with Crippen molar-refractivity contribution in [2.24, 2.45) is 17.8 Å². The number of ether oxygens (including phenoxy) is 2. The van der Waals surface area contributed by atoms with E-state index in [0.29, 0.717) is 19.6 Å². The van der Waals surface area contributed by atoms with Gasteiger partial charge in [-0.25, -0.2) is 4.79 Å². The van der Waals surface area contributed by atoms with E-state index in [1.165, 1.54) is 0 Å². The van der Waals surface area contributed by atoms with Crippen LogP contribution in [0.1, 0.15) is 46.5 Å². The minimum atomic E-state index is -0.558. The number of likely N-dealkylation sites (tertiary alicyclic amines) is 2. The fourth-order valence-corrected chi connectivity index (χ4v) is 5.41. The van der Waals surface area contributed by atoms with Crippen molar-refractivity contribution in [3.05, 3.63) is 0 Å². The maximum absolute atomic E-state index is 12.9. The summed E-state index contributed by atoms with van der Waals surface area (Å²) in [6.07, 6.45) is 2.63. The molecule has 4 amide bonds. The molecule has 0 spiro atoms. The Morgan fingerprint density at radius 2 is 1.71 bits per heavy atom. The first-order valence-corrected chi connectivity index (χ1v) is 11.3. The molecule has 172 valence electrons. The van der Waals surface area contributed by atoms with Gasteiger partial charge in [0.15, 0.2) is 0 Å². The fraction of sp³-hybridized carbons (Fsp3) is 0.818. The maximum Gasteiger partial charge on any atom is 0.410 e. The zero-order valence-corrected chi connectivity index (χ0v) is 18.8. The monoisotopic (exact) mass is 435 g/mol. The second-order valence-electron chi connectivity index (χ2n) is 10.3. The van der Waals surface area contributed by atoms with Gasteiger partial charge in [0.25, 0.3) is 0 Å². The van der Waals surface area contributed by atoms with E-state index in [0.717, 1.165) is 30.6 Å². The molecule has 0 N–H and O–H groups in total. The van der Waals surface area contributed by atoms with Gasteiger partial charge in [-0.2, -0.15) is 0 Å². The number of fused-ring (bicyclic) bond motifs is 5. The molecule has 2 bridgehead atoms. The first-order valence-electron chi connectivity index (χ1n) is 11.3. The van der Waals surface area contributed by atoms with Gasteiger partial charge in [0.2, 0.25) is 17.7 Å². The molecule has 9 nitrogen and oxygen atoms in total. The van der Waals surface area contributed by atoms with E-state index in [1.807, 2.05) is 20.8 Å². The molecule has 4 heterocycles. The van der Waals surface area contributed by atoms with Gasteiger partial charge in [-0.3, -0.25) is 19.3 Å². The van der Waals surface area contributed by atoms with Crippen LogP contribution < -0.4 is 0 Å². The third-order valence-corrected chi connectivity index (χ3v) is 6.78. The van der Waals surface area contributed by atoms with E-state index in [-0.39, 0.29) is 48.5 Å². The number of rotatable bonds is 4. The van der Waals surface area contributed by atoms with Crippen LogP contribution in [0.5, 0.6) is 0 Å². The Kier molecular flexibility index (Phi) is 5.74. The largest absolute Gasteiger partial charge is 0.444 e. The second-order valence-corrected chi connectivity index (χ2v) is 10.3. The standard InChI is InChI=1S/C22H33N3O6/c1-22(2,3)31-21(29)23(4)10-13-6-5-9-24(11-13)16(26)12-25-19(27)17-14-7-8-15(30-14)18(17)20(25)28/h13-15,17-18H,5-12H2,1-4H3/t13-,14+,15+,17-,18+/m0/s1. The van der Waals surface area contributed by atoms with Crippen LogP contribution in [0.2, 0.25) is 0 Å². The minimum Gasteiger partial charge on any atom is -0.444 e. The number of hydrogen-bond donors (Lipinski definition) is 0. The third kappa shape index (κ3) is 4.29. The average molecular weight is 436 g/mol. The quantitative estimate of drug-likeness (QED) is 0.617. The van der Waals surface area contributed by atoms with Crippen molar-refractivity contribution in [1.29, 1.82) is 0 Å². The summed E-state index contributed by atoms with van der Waals surface area (Å²) in [4.78, 5) is 55.2. The molecule has 0 aromatic rings. The van der Waals surface area contributed by atoms with Crippen LogP contribution in [-0.4, -0.2) is 89.6 Å². The molecule has 4 saturated heterocycles. The number of nitrogens with zero attached hydrogens (tertiary/aromatic N) is 3. The molecule has 0 aliphatic carbocycles. The Hall–Kier alpha value is -2.16. The van der Waals surface area contributed by atoms with Crippen LogP contribution in [0.3, 0.4) is 0 Å². The smallest absolute Gasteiger partial charge is 0.410 e. The van der Waals surface area contributed by atoms with Crippen LogP contribution in [0.4, 0.5) is 4.79 Å². The number of amides is 4. The van der Waals surface area contributed by atoms with E-state index >= 15 is 0 Å². The highest BCUT2D eigenvalue weighted by molar-refractivity contribution is 6.08. The van der Waals surface area contributed by atoms with Gasteiger partial charge in [-0.15, -0.1) is 0 Å². The molecule has 5 atom stereocenters. The van der Waals surface area contributed by atoms with Gasteiger partial charge in [0, 0.05) is 26.7 Å². The van der Waals surface area contributed by atoms with Gasteiger partial charge < -0.3 is 19.3 Å². The molecule has 31 heavy (non-hydrogen) atoms. The molecule has 0 radical (unpaired) electrons. The highest BCUT2D eigenvalue weighted by atomic mass is 16.6. The van der Waals surface area contributed by atoms with Crippen molar-refractivity contribution in [3.63, 3.8) is 0 Å². The first-order chi connectivity index (χ1) is 14.5. The van der Waals surface area contributed by atoms with Crippen LogP contribution in [-0.2, 0) is 23.9 Å². The molecule has 0 unspecified atom stereocenters. The summed E-state index contributed by atoms with van der Waals surface area (Å²) in [6, 6.07) is 0. The van der Waals surface area contributed by atoms with Gasteiger partial charge in [-0.05, 0) is 52.4 Å². The van der Waals surface area contributed by atoms with Gasteiger partial charge in [0.1, 0.15) is 12.1 Å². The molecule has 0 saturated carbocycles. The normalized spacial score (nSPS) is 32.5. The van der Waals surface area contributed by atoms with E-state index in [2.05, 4.69) is 0 Å². The summed E-state index contributed by atoms with van der Waals surface area (Å²) in [5.74, 6) is -1.41. The fourth-order valence-electron chi connectivity index (χ4n) is 5.41. The van der Waals surface area contributed by atoms with Crippen molar-refractivity contribution >= 4 is 23.8 Å². The molecule has 0 aromatic carbocycles. The Labute approximate surface area is 183 Å². The lowest BCUT2D eigenvalue weighted by Crippen LogP contribution is -2.49. The van der Waals surface area contributed by atoms with E-state index in [9.17, 15) is 19.2 Å². The van der Waals surface area contributed by atoms with Crippen molar-refractivity contribution < 1.29 is 28.7 Å². The molecule has 4 aliphatic heterocycles. The number of imide groups is 1. The molecular weight excluding hydrogens is 402 g/mol. The predicted molar refractivity (Wildman–Crippen MR) is 110 cm³/mol. The lowest BCUT2D eigenvalue weighted by atomic mass is 9.81. The van der Waals surface area contributed by atoms with Crippen LogP contribution in [0.15, 0.2) is 0 Å². The first kappa shape index (κ1) is 22.0. The SMILES string of the molecule is CN(C[C@@H]1CCCN(C(=O)CN2C(=O)[C@@H]3[C@H](C2=O)[C@H]2CC[C@H]3O2)C1)C(=O)OC(C)(C)C. The van der Waals surface area contributed by atoms with E-state index < -0.39 is 17.4 Å². The Balaban J connectivity index is 1.32. The number of carbonyl (C=O) groups excluding carboxylic acids is 4. The number of piperidine rings is 1. The van der Waals surface area contributed by atoms with Crippen LogP contribution in [0, 0.1) is 17.8 Å². The van der Waals surface area contributed by atoms with Gasteiger partial charge in [0.05, 0.1) is 24.0 Å². The number of carbonyl (C=O) groups is 4. The zero-order chi connectivity index (χ0) is 22.5. The highest BCUT2D eigenvalue weighted by Crippen LogP contribution is 2.48. The van der Waals surface area contributed by atoms with Crippen molar-refractivity contribution in [2.45, 2.75) is 64.3 Å². The topological polar surface area (TPSA) is 96.5 Å². The zero-order valence-electron chi connectivity index (χ0n) is 18.8. The average Bonchev–Trinajstić information content (AvgIpc) is 3.37. The maximum atomic E-state index is 12.9. The van der Waals surface area contributed by atoms with Crippen molar-refractivity contribution in [2.75, 3.05) is 33.2 Å². The van der Waals surface area contributed by atoms with Crippen molar-refractivity contribution in [3.8, 4) is 0 Å².